The fraction of sp³-hybridized carbons (Fsp3) is 0.462. The summed E-state index contributed by atoms with van der Waals surface area (Å²) in [6, 6.07) is 11.1. The number of carbonyl (C=O) groups is 1. The van der Waals surface area contributed by atoms with Gasteiger partial charge in [-0.2, -0.15) is 4.31 Å². The molecule has 1 unspecified atom stereocenters. The Kier molecular flexibility index (Phi) is 7.83. The normalized spacial score (nSPS) is 18.8. The quantitative estimate of drug-likeness (QED) is 0.549. The molecule has 1 aromatic heterocycles. The van der Waals surface area contributed by atoms with Gasteiger partial charge in [-0.05, 0) is 76.9 Å². The number of nitrogens with one attached hydrogen (secondary N) is 1. The molecule has 1 amide bonds. The van der Waals surface area contributed by atoms with Crippen molar-refractivity contribution in [2.75, 3.05) is 29.9 Å². The summed E-state index contributed by atoms with van der Waals surface area (Å²) in [7, 11) is -3.78. The van der Waals surface area contributed by atoms with Crippen molar-refractivity contribution >= 4 is 39.4 Å². The van der Waals surface area contributed by atoms with E-state index in [-0.39, 0.29) is 23.3 Å². The van der Waals surface area contributed by atoms with Crippen LogP contribution in [0, 0.1) is 11.8 Å². The zero-order valence-corrected chi connectivity index (χ0v) is 22.7. The second-order valence-electron chi connectivity index (χ2n) is 9.78. The molecule has 1 saturated heterocycles. The molecular formula is C26H32N4O4S2. The molecule has 1 atom stereocenters. The van der Waals surface area contributed by atoms with E-state index in [0.29, 0.717) is 13.1 Å². The molecule has 1 saturated carbocycles. The highest BCUT2D eigenvalue weighted by Gasteiger charge is 2.34. The predicted octanol–water partition coefficient (Wildman–Crippen LogP) is 4.59. The molecule has 0 spiro atoms. The number of pyridine rings is 1. The van der Waals surface area contributed by atoms with Crippen molar-refractivity contribution < 1.29 is 17.9 Å². The Morgan fingerprint density at radius 2 is 1.86 bits per heavy atom. The monoisotopic (exact) mass is 528 g/mol. The standard InChI is InChI=1S/C26H32N4O4S2/c1-5-6-20-18-29(15-16-30(20)19-7-9-21(10-8-19)35-22-11-12-22)36(32,33)23-13-14-24(27-17-23)28-25(31)34-26(2,3)4/h7-10,13-14,17,20,22H,11-12,15-16,18H2,1-4H3,(H,27,28,31). The van der Waals surface area contributed by atoms with Crippen LogP contribution in [0.1, 0.15) is 40.5 Å². The highest BCUT2D eigenvalue weighted by atomic mass is 32.2. The van der Waals surface area contributed by atoms with Crippen LogP contribution in [0.4, 0.5) is 16.3 Å². The number of thioether (sulfide) groups is 1. The van der Waals surface area contributed by atoms with Gasteiger partial charge in [-0.25, -0.2) is 18.2 Å². The van der Waals surface area contributed by atoms with Crippen molar-refractivity contribution in [2.45, 2.75) is 67.2 Å². The van der Waals surface area contributed by atoms with Crippen molar-refractivity contribution in [3.63, 3.8) is 0 Å². The van der Waals surface area contributed by atoms with Crippen LogP contribution in [0.5, 0.6) is 0 Å². The molecule has 36 heavy (non-hydrogen) atoms. The average Bonchev–Trinajstić information content (AvgIpc) is 3.63. The van der Waals surface area contributed by atoms with Crippen LogP contribution < -0.4 is 10.2 Å². The number of hydrogen-bond donors (Lipinski definition) is 1. The third kappa shape index (κ3) is 6.72. The van der Waals surface area contributed by atoms with Gasteiger partial charge in [0.2, 0.25) is 10.0 Å². The van der Waals surface area contributed by atoms with E-state index in [4.69, 9.17) is 4.74 Å². The van der Waals surface area contributed by atoms with Gasteiger partial charge in [0.05, 0.1) is 0 Å². The first kappa shape index (κ1) is 26.3. The van der Waals surface area contributed by atoms with E-state index in [2.05, 4.69) is 51.3 Å². The molecule has 4 rings (SSSR count). The first-order valence-electron chi connectivity index (χ1n) is 12.0. The maximum Gasteiger partial charge on any atom is 0.413 e. The molecule has 10 heteroatoms. The lowest BCUT2D eigenvalue weighted by atomic mass is 10.1. The minimum atomic E-state index is -3.78. The van der Waals surface area contributed by atoms with Crippen LogP contribution in [0.15, 0.2) is 52.4 Å². The number of nitrogens with zero attached hydrogens (tertiary/aromatic N) is 3. The van der Waals surface area contributed by atoms with Crippen molar-refractivity contribution in [2.24, 2.45) is 0 Å². The summed E-state index contributed by atoms with van der Waals surface area (Å²) in [5.74, 6) is 6.35. The van der Waals surface area contributed by atoms with Gasteiger partial charge < -0.3 is 9.64 Å². The number of aromatic nitrogens is 1. The fourth-order valence-corrected chi connectivity index (χ4v) is 6.27. The summed E-state index contributed by atoms with van der Waals surface area (Å²) in [5, 5.41) is 3.26. The van der Waals surface area contributed by atoms with E-state index in [1.54, 1.807) is 27.7 Å². The number of benzene rings is 1. The summed E-state index contributed by atoms with van der Waals surface area (Å²) in [4.78, 5) is 19.5. The van der Waals surface area contributed by atoms with E-state index < -0.39 is 21.7 Å². The van der Waals surface area contributed by atoms with E-state index in [0.717, 1.165) is 10.9 Å². The van der Waals surface area contributed by atoms with Crippen molar-refractivity contribution in [3.8, 4) is 11.8 Å². The van der Waals surface area contributed by atoms with Crippen molar-refractivity contribution in [3.05, 3.63) is 42.6 Å². The number of ether oxygens (including phenoxy) is 1. The third-order valence-electron chi connectivity index (χ3n) is 5.65. The molecule has 1 aliphatic carbocycles. The Balaban J connectivity index is 1.43. The Labute approximate surface area is 217 Å². The Morgan fingerprint density at radius 3 is 2.44 bits per heavy atom. The maximum atomic E-state index is 13.4. The molecule has 8 nitrogen and oxygen atoms in total. The second-order valence-corrected chi connectivity index (χ2v) is 13.1. The molecular weight excluding hydrogens is 496 g/mol. The lowest BCUT2D eigenvalue weighted by molar-refractivity contribution is 0.0635. The van der Waals surface area contributed by atoms with E-state index in [9.17, 15) is 13.2 Å². The molecule has 1 aromatic carbocycles. The van der Waals surface area contributed by atoms with Gasteiger partial charge in [0, 0.05) is 41.7 Å². The van der Waals surface area contributed by atoms with Gasteiger partial charge >= 0.3 is 6.09 Å². The first-order chi connectivity index (χ1) is 17.0. The molecule has 1 aliphatic heterocycles. The number of sulfonamides is 1. The highest BCUT2D eigenvalue weighted by Crippen LogP contribution is 2.39. The lowest BCUT2D eigenvalue weighted by Crippen LogP contribution is -2.54. The van der Waals surface area contributed by atoms with Crippen LogP contribution in [0.25, 0.3) is 0 Å². The number of piperazine rings is 1. The van der Waals surface area contributed by atoms with Crippen LogP contribution >= 0.6 is 11.8 Å². The van der Waals surface area contributed by atoms with Gasteiger partial charge in [-0.1, -0.05) is 5.92 Å². The molecule has 1 N–H and O–H groups in total. The van der Waals surface area contributed by atoms with E-state index in [1.165, 1.54) is 40.4 Å². The maximum absolute atomic E-state index is 13.4. The number of rotatable bonds is 6. The summed E-state index contributed by atoms with van der Waals surface area (Å²) in [6.45, 7) is 8.15. The summed E-state index contributed by atoms with van der Waals surface area (Å²) >= 11 is 1.91. The van der Waals surface area contributed by atoms with Crippen molar-refractivity contribution in [1.82, 2.24) is 9.29 Å². The number of carbonyl (C=O) groups excluding carboxylic acids is 1. The molecule has 0 radical (unpaired) electrons. The van der Waals surface area contributed by atoms with Crippen LogP contribution in [-0.4, -0.2) is 60.3 Å². The molecule has 192 valence electrons. The molecule has 2 fully saturated rings. The molecule has 2 aromatic rings. The first-order valence-corrected chi connectivity index (χ1v) is 14.3. The molecule has 2 aliphatic rings. The van der Waals surface area contributed by atoms with Gasteiger partial charge in [0.1, 0.15) is 22.4 Å². The average molecular weight is 529 g/mol. The third-order valence-corrected chi connectivity index (χ3v) is 8.85. The smallest absolute Gasteiger partial charge is 0.413 e. The van der Waals surface area contributed by atoms with Crippen molar-refractivity contribution in [1.29, 1.82) is 0 Å². The second kappa shape index (κ2) is 10.7. The van der Waals surface area contributed by atoms with Gasteiger partial charge in [0.25, 0.3) is 0 Å². The minimum Gasteiger partial charge on any atom is -0.444 e. The predicted molar refractivity (Wildman–Crippen MR) is 143 cm³/mol. The SMILES string of the molecule is CC#CC1CN(S(=O)(=O)c2ccc(NC(=O)OC(C)(C)C)nc2)CCN1c1ccc(SC2CC2)cc1. The van der Waals surface area contributed by atoms with Gasteiger partial charge in [0.15, 0.2) is 0 Å². The van der Waals surface area contributed by atoms with Crippen LogP contribution in [0.2, 0.25) is 0 Å². The summed E-state index contributed by atoms with van der Waals surface area (Å²) in [6.07, 6.45) is 3.18. The number of hydrogen-bond acceptors (Lipinski definition) is 7. The van der Waals surface area contributed by atoms with Gasteiger partial charge in [-0.3, -0.25) is 5.32 Å². The van der Waals surface area contributed by atoms with Crippen LogP contribution in [0.3, 0.4) is 0 Å². The molecule has 0 bridgehead atoms. The minimum absolute atomic E-state index is 0.0651. The summed E-state index contributed by atoms with van der Waals surface area (Å²) < 4.78 is 33.4. The molecule has 2 heterocycles. The Bertz CT molecular complexity index is 1240. The van der Waals surface area contributed by atoms with Crippen LogP contribution in [-0.2, 0) is 14.8 Å². The Hall–Kier alpha value is -2.74. The summed E-state index contributed by atoms with van der Waals surface area (Å²) in [5.41, 5.74) is 0.393. The lowest BCUT2D eigenvalue weighted by Gasteiger charge is -2.39. The topological polar surface area (TPSA) is 91.8 Å². The van der Waals surface area contributed by atoms with E-state index >= 15 is 0 Å². The largest absolute Gasteiger partial charge is 0.444 e. The Morgan fingerprint density at radius 1 is 1.14 bits per heavy atom. The zero-order chi connectivity index (χ0) is 25.9. The van der Waals surface area contributed by atoms with E-state index in [1.807, 2.05) is 11.8 Å². The fourth-order valence-electron chi connectivity index (χ4n) is 3.83. The number of anilines is 2. The number of amides is 1. The highest BCUT2D eigenvalue weighted by molar-refractivity contribution is 8.00. The zero-order valence-electron chi connectivity index (χ0n) is 21.0. The van der Waals surface area contributed by atoms with Gasteiger partial charge in [-0.15, -0.1) is 17.7 Å².